The minimum Gasteiger partial charge on any atom is -0.393 e. The Labute approximate surface area is 100 Å². The third-order valence-corrected chi connectivity index (χ3v) is 4.03. The van der Waals surface area contributed by atoms with Crippen molar-refractivity contribution in [2.45, 2.75) is 59.0 Å². The highest BCUT2D eigenvalue weighted by atomic mass is 16.3. The Bertz CT molecular complexity index is 263. The highest BCUT2D eigenvalue weighted by molar-refractivity contribution is 5.03. The van der Waals surface area contributed by atoms with Crippen molar-refractivity contribution in [3.05, 3.63) is 24.3 Å². The molecule has 3 unspecified atom stereocenters. The van der Waals surface area contributed by atoms with E-state index >= 15 is 0 Å². The maximum absolute atomic E-state index is 10.0. The molecule has 0 aromatic rings. The zero-order valence-electron chi connectivity index (χ0n) is 11.0. The van der Waals surface area contributed by atoms with E-state index in [4.69, 9.17) is 0 Å². The van der Waals surface area contributed by atoms with Gasteiger partial charge in [-0.3, -0.25) is 0 Å². The van der Waals surface area contributed by atoms with Crippen molar-refractivity contribution in [1.82, 2.24) is 0 Å². The Kier molecular flexibility index (Phi) is 4.79. The molecular weight excluding hydrogens is 196 g/mol. The van der Waals surface area contributed by atoms with Crippen molar-refractivity contribution in [2.75, 3.05) is 0 Å². The lowest BCUT2D eigenvalue weighted by Crippen LogP contribution is -2.31. The summed E-state index contributed by atoms with van der Waals surface area (Å²) in [6.45, 7) is 10.5. The molecule has 1 aliphatic carbocycles. The fourth-order valence-corrected chi connectivity index (χ4v) is 2.82. The van der Waals surface area contributed by atoms with Gasteiger partial charge in [0.2, 0.25) is 0 Å². The van der Waals surface area contributed by atoms with Gasteiger partial charge in [0, 0.05) is 0 Å². The summed E-state index contributed by atoms with van der Waals surface area (Å²) in [4.78, 5) is 0. The van der Waals surface area contributed by atoms with Gasteiger partial charge in [-0.25, -0.2) is 0 Å². The Morgan fingerprint density at radius 1 is 1.44 bits per heavy atom. The third-order valence-electron chi connectivity index (χ3n) is 4.03. The molecule has 0 saturated heterocycles. The smallest absolute Gasteiger partial charge is 0.0576 e. The summed E-state index contributed by atoms with van der Waals surface area (Å²) in [7, 11) is 0. The van der Waals surface area contributed by atoms with Gasteiger partial charge in [0.15, 0.2) is 0 Å². The summed E-state index contributed by atoms with van der Waals surface area (Å²) in [5.41, 5.74) is 1.47. The molecule has 0 radical (unpaired) electrons. The molecule has 1 heteroatoms. The Morgan fingerprint density at radius 2 is 2.12 bits per heavy atom. The van der Waals surface area contributed by atoms with Crippen LogP contribution in [0.3, 0.4) is 0 Å². The zero-order valence-corrected chi connectivity index (χ0v) is 11.0. The second kappa shape index (κ2) is 5.67. The van der Waals surface area contributed by atoms with E-state index in [-0.39, 0.29) is 11.5 Å². The molecule has 3 atom stereocenters. The number of allylic oxidation sites excluding steroid dienone is 3. The molecule has 0 aromatic carbocycles. The molecule has 0 bridgehead atoms. The number of hydrogen-bond donors (Lipinski definition) is 1. The Balaban J connectivity index is 2.62. The number of hydrogen-bond acceptors (Lipinski definition) is 1. The van der Waals surface area contributed by atoms with Crippen LogP contribution in [0, 0.1) is 11.3 Å². The lowest BCUT2D eigenvalue weighted by Gasteiger charge is -2.34. The van der Waals surface area contributed by atoms with E-state index in [1.54, 1.807) is 0 Å². The topological polar surface area (TPSA) is 20.2 Å². The van der Waals surface area contributed by atoms with Crippen LogP contribution in [0.15, 0.2) is 24.3 Å². The van der Waals surface area contributed by atoms with Gasteiger partial charge in [0.25, 0.3) is 0 Å². The first-order valence-electron chi connectivity index (χ1n) is 6.44. The first-order chi connectivity index (χ1) is 7.49. The van der Waals surface area contributed by atoms with Crippen molar-refractivity contribution in [1.29, 1.82) is 0 Å². The van der Waals surface area contributed by atoms with Crippen LogP contribution in [-0.2, 0) is 0 Å². The normalized spacial score (nSPS) is 28.5. The van der Waals surface area contributed by atoms with Crippen molar-refractivity contribution < 1.29 is 5.11 Å². The predicted octanol–water partition coefficient (Wildman–Crippen LogP) is 4.09. The van der Waals surface area contributed by atoms with Gasteiger partial charge < -0.3 is 5.11 Å². The maximum atomic E-state index is 10.0. The molecule has 92 valence electrons. The van der Waals surface area contributed by atoms with E-state index in [1.165, 1.54) is 5.57 Å². The van der Waals surface area contributed by atoms with Crippen molar-refractivity contribution in [3.8, 4) is 0 Å². The molecule has 0 amide bonds. The van der Waals surface area contributed by atoms with Crippen molar-refractivity contribution in [2.24, 2.45) is 11.3 Å². The average molecular weight is 222 g/mol. The molecule has 0 heterocycles. The van der Waals surface area contributed by atoms with Crippen LogP contribution in [0.2, 0.25) is 0 Å². The van der Waals surface area contributed by atoms with Gasteiger partial charge in [-0.15, -0.1) is 6.58 Å². The molecule has 1 rings (SSSR count). The van der Waals surface area contributed by atoms with E-state index in [1.807, 2.05) is 0 Å². The molecule has 1 N–H and O–H groups in total. The lowest BCUT2D eigenvalue weighted by molar-refractivity contribution is 0.0696. The van der Waals surface area contributed by atoms with Crippen LogP contribution < -0.4 is 0 Å². The summed E-state index contributed by atoms with van der Waals surface area (Å²) in [6, 6.07) is 0. The number of aliphatic hydroxyl groups excluding tert-OH is 1. The van der Waals surface area contributed by atoms with E-state index in [0.29, 0.717) is 5.92 Å². The van der Waals surface area contributed by atoms with Gasteiger partial charge in [-0.05, 0) is 50.9 Å². The summed E-state index contributed by atoms with van der Waals surface area (Å²) in [5.74, 6) is 0.413. The molecule has 16 heavy (non-hydrogen) atoms. The highest BCUT2D eigenvalue weighted by Gasteiger charge is 2.38. The largest absolute Gasteiger partial charge is 0.393 e. The molecule has 1 fully saturated rings. The van der Waals surface area contributed by atoms with E-state index < -0.39 is 0 Å². The van der Waals surface area contributed by atoms with Crippen LogP contribution in [0.5, 0.6) is 0 Å². The van der Waals surface area contributed by atoms with Crippen LogP contribution in [0.4, 0.5) is 0 Å². The molecule has 0 aliphatic heterocycles. The summed E-state index contributed by atoms with van der Waals surface area (Å²) in [6.07, 6.45) is 9.70. The van der Waals surface area contributed by atoms with E-state index in [2.05, 4.69) is 39.5 Å². The summed E-state index contributed by atoms with van der Waals surface area (Å²) >= 11 is 0. The summed E-state index contributed by atoms with van der Waals surface area (Å²) < 4.78 is 0. The number of aliphatic hydroxyl groups is 1. The second-order valence-electron chi connectivity index (χ2n) is 5.63. The molecular formula is C15H26O. The van der Waals surface area contributed by atoms with Crippen LogP contribution in [0.1, 0.15) is 52.9 Å². The second-order valence-corrected chi connectivity index (χ2v) is 5.63. The Morgan fingerprint density at radius 3 is 2.56 bits per heavy atom. The van der Waals surface area contributed by atoms with Crippen molar-refractivity contribution in [3.63, 3.8) is 0 Å². The quantitative estimate of drug-likeness (QED) is 0.695. The fraction of sp³-hybridized carbons (Fsp3) is 0.733. The molecule has 1 nitrogen and oxygen atoms in total. The SMILES string of the molecule is C=CC(C)(CCC=C(C)C)C1CCCC1O. The van der Waals surface area contributed by atoms with Crippen molar-refractivity contribution >= 4 is 0 Å². The van der Waals surface area contributed by atoms with Gasteiger partial charge >= 0.3 is 0 Å². The first kappa shape index (κ1) is 13.5. The summed E-state index contributed by atoms with van der Waals surface area (Å²) in [5, 5.41) is 10.0. The lowest BCUT2D eigenvalue weighted by atomic mass is 9.72. The number of rotatable bonds is 5. The molecule has 0 spiro atoms. The monoisotopic (exact) mass is 222 g/mol. The van der Waals surface area contributed by atoms with Crippen LogP contribution in [-0.4, -0.2) is 11.2 Å². The third kappa shape index (κ3) is 3.21. The fourth-order valence-electron chi connectivity index (χ4n) is 2.82. The van der Waals surface area contributed by atoms with Gasteiger partial charge in [-0.1, -0.05) is 31.1 Å². The average Bonchev–Trinajstić information content (AvgIpc) is 2.64. The van der Waals surface area contributed by atoms with E-state index in [0.717, 1.165) is 32.1 Å². The van der Waals surface area contributed by atoms with Gasteiger partial charge in [0.05, 0.1) is 6.10 Å². The molecule has 0 aromatic heterocycles. The van der Waals surface area contributed by atoms with Gasteiger partial charge in [0.1, 0.15) is 0 Å². The van der Waals surface area contributed by atoms with Crippen LogP contribution in [0.25, 0.3) is 0 Å². The first-order valence-corrected chi connectivity index (χ1v) is 6.44. The standard InChI is InChI=1S/C15H26O/c1-5-15(4,11-7-8-12(2)3)13-9-6-10-14(13)16/h5,8,13-14,16H,1,6-7,9-11H2,2-4H3. The Hall–Kier alpha value is -0.560. The highest BCUT2D eigenvalue weighted by Crippen LogP contribution is 2.43. The molecule has 1 aliphatic rings. The van der Waals surface area contributed by atoms with Crippen LogP contribution >= 0.6 is 0 Å². The maximum Gasteiger partial charge on any atom is 0.0576 e. The zero-order chi connectivity index (χ0) is 12.2. The minimum atomic E-state index is -0.116. The van der Waals surface area contributed by atoms with Gasteiger partial charge in [-0.2, -0.15) is 0 Å². The van der Waals surface area contributed by atoms with E-state index in [9.17, 15) is 5.11 Å². The molecule has 1 saturated carbocycles. The predicted molar refractivity (Wildman–Crippen MR) is 70.3 cm³/mol. The minimum absolute atomic E-state index is 0.0991.